The molecule has 1 unspecified atom stereocenters. The Morgan fingerprint density at radius 1 is 1.27 bits per heavy atom. The quantitative estimate of drug-likeness (QED) is 0.818. The van der Waals surface area contributed by atoms with Crippen LogP contribution in [0, 0.1) is 5.92 Å². The maximum absolute atomic E-state index is 9.27. The van der Waals surface area contributed by atoms with Crippen molar-refractivity contribution >= 4 is 5.69 Å². The van der Waals surface area contributed by atoms with E-state index >= 15 is 0 Å². The van der Waals surface area contributed by atoms with Crippen LogP contribution in [0.4, 0.5) is 5.69 Å². The Labute approximate surface area is 133 Å². The fourth-order valence-electron chi connectivity index (χ4n) is 2.68. The predicted octanol–water partition coefficient (Wildman–Crippen LogP) is 3.77. The molecule has 120 valence electrons. The summed E-state index contributed by atoms with van der Waals surface area (Å²) in [5.41, 5.74) is 4.46. The van der Waals surface area contributed by atoms with Crippen molar-refractivity contribution in [1.82, 2.24) is 9.78 Å². The lowest BCUT2D eigenvalue weighted by Crippen LogP contribution is -2.12. The summed E-state index contributed by atoms with van der Waals surface area (Å²) in [7, 11) is 0. The zero-order valence-corrected chi connectivity index (χ0v) is 14.0. The maximum atomic E-state index is 9.27. The third kappa shape index (κ3) is 3.89. The minimum atomic E-state index is 0.0765. The summed E-state index contributed by atoms with van der Waals surface area (Å²) in [6.45, 7) is 9.73. The maximum Gasteiger partial charge on any atom is 0.0763 e. The largest absolute Gasteiger partial charge is 0.392 e. The first kappa shape index (κ1) is 16.6. The van der Waals surface area contributed by atoms with Crippen LogP contribution >= 0.6 is 0 Å². The SMILES string of the molecule is CCc1c(NC(C)c2cccc(CO)c2)cnn1CC(C)C. The third-order valence-electron chi connectivity index (χ3n) is 3.83. The Hall–Kier alpha value is -1.81. The van der Waals surface area contributed by atoms with Crippen LogP contribution in [-0.4, -0.2) is 14.9 Å². The van der Waals surface area contributed by atoms with Crippen LogP contribution in [0.3, 0.4) is 0 Å². The van der Waals surface area contributed by atoms with Gasteiger partial charge in [0.1, 0.15) is 0 Å². The summed E-state index contributed by atoms with van der Waals surface area (Å²) in [5, 5.41) is 17.3. The molecule has 0 aliphatic rings. The van der Waals surface area contributed by atoms with E-state index in [1.54, 1.807) is 0 Å². The monoisotopic (exact) mass is 301 g/mol. The van der Waals surface area contributed by atoms with Gasteiger partial charge in [0, 0.05) is 12.6 Å². The van der Waals surface area contributed by atoms with Crippen LogP contribution in [0.25, 0.3) is 0 Å². The van der Waals surface area contributed by atoms with Gasteiger partial charge in [0.15, 0.2) is 0 Å². The van der Waals surface area contributed by atoms with Gasteiger partial charge in [-0.25, -0.2) is 0 Å². The van der Waals surface area contributed by atoms with E-state index in [2.05, 4.69) is 48.9 Å². The first-order chi connectivity index (χ1) is 10.5. The molecule has 4 nitrogen and oxygen atoms in total. The van der Waals surface area contributed by atoms with Crippen molar-refractivity contribution < 1.29 is 5.11 Å². The predicted molar refractivity (Wildman–Crippen MR) is 90.8 cm³/mol. The molecule has 22 heavy (non-hydrogen) atoms. The number of nitrogens with one attached hydrogen (secondary N) is 1. The molecule has 4 heteroatoms. The van der Waals surface area contributed by atoms with E-state index in [0.29, 0.717) is 5.92 Å². The molecule has 0 spiro atoms. The Morgan fingerprint density at radius 2 is 2.05 bits per heavy atom. The summed E-state index contributed by atoms with van der Waals surface area (Å²) >= 11 is 0. The number of aliphatic hydroxyl groups excluding tert-OH is 1. The third-order valence-corrected chi connectivity index (χ3v) is 3.83. The molecule has 0 aliphatic carbocycles. The minimum Gasteiger partial charge on any atom is -0.392 e. The van der Waals surface area contributed by atoms with E-state index in [1.165, 1.54) is 11.3 Å². The van der Waals surface area contributed by atoms with E-state index in [-0.39, 0.29) is 12.6 Å². The van der Waals surface area contributed by atoms with Crippen LogP contribution in [0.5, 0.6) is 0 Å². The fourth-order valence-corrected chi connectivity index (χ4v) is 2.68. The second-order valence-electron chi connectivity index (χ2n) is 6.20. The Bertz CT molecular complexity index is 604. The number of nitrogens with zero attached hydrogens (tertiary/aromatic N) is 2. The van der Waals surface area contributed by atoms with Crippen molar-refractivity contribution in [3.63, 3.8) is 0 Å². The lowest BCUT2D eigenvalue weighted by atomic mass is 10.1. The highest BCUT2D eigenvalue weighted by Gasteiger charge is 2.13. The summed E-state index contributed by atoms with van der Waals surface area (Å²) in [4.78, 5) is 0. The first-order valence-corrected chi connectivity index (χ1v) is 8.06. The molecule has 0 saturated carbocycles. The molecule has 2 rings (SSSR count). The molecule has 0 fully saturated rings. The highest BCUT2D eigenvalue weighted by molar-refractivity contribution is 5.49. The molecular formula is C18H27N3O. The van der Waals surface area contributed by atoms with Crippen molar-refractivity contribution in [2.24, 2.45) is 5.92 Å². The van der Waals surface area contributed by atoms with Crippen LogP contribution in [0.2, 0.25) is 0 Å². The van der Waals surface area contributed by atoms with Crippen molar-refractivity contribution in [2.75, 3.05) is 5.32 Å². The molecule has 1 aromatic carbocycles. The van der Waals surface area contributed by atoms with Gasteiger partial charge in [-0.1, -0.05) is 45.0 Å². The van der Waals surface area contributed by atoms with Gasteiger partial charge in [-0.3, -0.25) is 4.68 Å². The van der Waals surface area contributed by atoms with E-state index < -0.39 is 0 Å². The number of anilines is 1. The Balaban J connectivity index is 2.17. The molecule has 0 aliphatic heterocycles. The Morgan fingerprint density at radius 3 is 2.68 bits per heavy atom. The van der Waals surface area contributed by atoms with Crippen LogP contribution in [0.1, 0.15) is 50.6 Å². The van der Waals surface area contributed by atoms with Crippen molar-refractivity contribution in [3.05, 3.63) is 47.3 Å². The van der Waals surface area contributed by atoms with Gasteiger partial charge in [-0.05, 0) is 30.4 Å². The topological polar surface area (TPSA) is 50.1 Å². The molecule has 2 aromatic rings. The molecule has 2 N–H and O–H groups in total. The number of rotatable bonds is 7. The van der Waals surface area contributed by atoms with Crippen molar-refractivity contribution in [2.45, 2.75) is 53.3 Å². The van der Waals surface area contributed by atoms with Crippen LogP contribution in [0.15, 0.2) is 30.5 Å². The van der Waals surface area contributed by atoms with E-state index in [4.69, 9.17) is 0 Å². The average molecular weight is 301 g/mol. The zero-order chi connectivity index (χ0) is 16.1. The van der Waals surface area contributed by atoms with Crippen molar-refractivity contribution in [1.29, 1.82) is 0 Å². The first-order valence-electron chi connectivity index (χ1n) is 8.06. The van der Waals surface area contributed by atoms with Gasteiger partial charge < -0.3 is 10.4 Å². The number of hydrogen-bond donors (Lipinski definition) is 2. The normalized spacial score (nSPS) is 12.6. The standard InChI is InChI=1S/C18H27N3O/c1-5-18-17(10-19-21(18)11-13(2)3)20-14(4)16-8-6-7-15(9-16)12-22/h6-10,13-14,20,22H,5,11-12H2,1-4H3. The second kappa shape index (κ2) is 7.45. The summed E-state index contributed by atoms with van der Waals surface area (Å²) < 4.78 is 2.10. The minimum absolute atomic E-state index is 0.0765. The van der Waals surface area contributed by atoms with E-state index in [1.807, 2.05) is 24.4 Å². The average Bonchev–Trinajstić information content (AvgIpc) is 2.88. The van der Waals surface area contributed by atoms with Gasteiger partial charge in [-0.2, -0.15) is 5.10 Å². The van der Waals surface area contributed by atoms with Crippen LogP contribution < -0.4 is 5.32 Å². The lowest BCUT2D eigenvalue weighted by molar-refractivity contribution is 0.281. The number of aromatic nitrogens is 2. The van der Waals surface area contributed by atoms with Gasteiger partial charge in [-0.15, -0.1) is 0 Å². The fraction of sp³-hybridized carbons (Fsp3) is 0.500. The number of benzene rings is 1. The molecule has 1 atom stereocenters. The molecule has 1 aromatic heterocycles. The molecule has 0 saturated heterocycles. The number of aliphatic hydroxyl groups is 1. The van der Waals surface area contributed by atoms with Gasteiger partial charge in [0.2, 0.25) is 0 Å². The van der Waals surface area contributed by atoms with Gasteiger partial charge in [0.25, 0.3) is 0 Å². The summed E-state index contributed by atoms with van der Waals surface area (Å²) in [5.74, 6) is 0.580. The molecule has 0 radical (unpaired) electrons. The van der Waals surface area contributed by atoms with E-state index in [0.717, 1.165) is 24.2 Å². The summed E-state index contributed by atoms with van der Waals surface area (Å²) in [6.07, 6.45) is 2.88. The zero-order valence-electron chi connectivity index (χ0n) is 14.0. The van der Waals surface area contributed by atoms with Crippen molar-refractivity contribution in [3.8, 4) is 0 Å². The second-order valence-corrected chi connectivity index (χ2v) is 6.20. The van der Waals surface area contributed by atoms with Gasteiger partial charge in [0.05, 0.1) is 24.2 Å². The van der Waals surface area contributed by atoms with Gasteiger partial charge >= 0.3 is 0 Å². The Kier molecular flexibility index (Phi) is 5.61. The lowest BCUT2D eigenvalue weighted by Gasteiger charge is -2.17. The highest BCUT2D eigenvalue weighted by atomic mass is 16.3. The van der Waals surface area contributed by atoms with Crippen LogP contribution in [-0.2, 0) is 19.6 Å². The molecule has 0 amide bonds. The molecule has 1 heterocycles. The summed E-state index contributed by atoms with van der Waals surface area (Å²) in [6, 6.07) is 8.23. The number of hydrogen-bond acceptors (Lipinski definition) is 3. The smallest absolute Gasteiger partial charge is 0.0763 e. The molecule has 0 bridgehead atoms. The highest BCUT2D eigenvalue weighted by Crippen LogP contribution is 2.24. The van der Waals surface area contributed by atoms with E-state index in [9.17, 15) is 5.11 Å². The molecular weight excluding hydrogens is 274 g/mol.